The first-order valence-electron chi connectivity index (χ1n) is 8.73. The molecule has 1 heterocycles. The van der Waals surface area contributed by atoms with E-state index in [4.69, 9.17) is 14.2 Å². The summed E-state index contributed by atoms with van der Waals surface area (Å²) in [7, 11) is 6.79. The molecule has 2 aromatic carbocycles. The number of quaternary nitrogens is 1. The molecule has 1 unspecified atom stereocenters. The number of hydrogen-bond acceptors (Lipinski definition) is 5. The largest absolute Gasteiger partial charge is 0.496 e. The highest BCUT2D eigenvalue weighted by Gasteiger charge is 2.15. The first-order chi connectivity index (χ1) is 13.4. The van der Waals surface area contributed by atoms with E-state index in [0.717, 1.165) is 27.2 Å². The normalized spacial score (nSPS) is 12.0. The lowest BCUT2D eigenvalue weighted by molar-refractivity contribution is -0.908. The van der Waals surface area contributed by atoms with Crippen LogP contribution in [-0.4, -0.2) is 38.3 Å². The molecule has 3 aromatic rings. The highest BCUT2D eigenvalue weighted by molar-refractivity contribution is 9.10. The van der Waals surface area contributed by atoms with Crippen LogP contribution in [0.3, 0.4) is 0 Å². The number of methoxy groups -OCH3 is 3. The third-order valence-electron chi connectivity index (χ3n) is 4.46. The molecule has 0 aliphatic carbocycles. The summed E-state index contributed by atoms with van der Waals surface area (Å²) in [5.74, 6) is 2.48. The minimum atomic E-state index is -0.200. The Labute approximate surface area is 171 Å². The summed E-state index contributed by atoms with van der Waals surface area (Å²) in [5, 5.41) is 0.465. The van der Waals surface area contributed by atoms with Gasteiger partial charge in [-0.3, -0.25) is 4.79 Å². The molecule has 0 saturated carbocycles. The first-order valence-corrected chi connectivity index (χ1v) is 9.53. The van der Waals surface area contributed by atoms with Gasteiger partial charge in [-0.25, -0.2) is 4.98 Å². The number of aromatic nitrogens is 2. The Morgan fingerprint density at radius 2 is 1.68 bits per heavy atom. The maximum Gasteiger partial charge on any atom is 0.259 e. The fourth-order valence-corrected chi connectivity index (χ4v) is 3.57. The molecular formula is C20H23BrN3O4+. The van der Waals surface area contributed by atoms with E-state index in [1.807, 2.05) is 25.2 Å². The van der Waals surface area contributed by atoms with Gasteiger partial charge in [0.2, 0.25) is 0 Å². The van der Waals surface area contributed by atoms with E-state index in [9.17, 15) is 4.79 Å². The van der Waals surface area contributed by atoms with Crippen molar-refractivity contribution in [2.75, 3.05) is 28.4 Å². The summed E-state index contributed by atoms with van der Waals surface area (Å²) in [6.45, 7) is 1.27. The zero-order chi connectivity index (χ0) is 20.3. The number of nitrogens with zero attached hydrogens (tertiary/aromatic N) is 1. The predicted molar refractivity (Wildman–Crippen MR) is 110 cm³/mol. The van der Waals surface area contributed by atoms with E-state index in [1.165, 1.54) is 7.11 Å². The van der Waals surface area contributed by atoms with Crippen LogP contribution < -0.4 is 24.7 Å². The molecule has 8 heteroatoms. The topological polar surface area (TPSA) is 77.9 Å². The number of nitrogens with one attached hydrogen (secondary N) is 2. The van der Waals surface area contributed by atoms with E-state index in [-0.39, 0.29) is 5.56 Å². The van der Waals surface area contributed by atoms with Crippen LogP contribution in [0, 0.1) is 0 Å². The molecule has 0 aliphatic heterocycles. The number of aromatic amines is 1. The maximum atomic E-state index is 12.5. The van der Waals surface area contributed by atoms with Crippen LogP contribution in [0.15, 0.2) is 39.6 Å². The van der Waals surface area contributed by atoms with Crippen LogP contribution in [0.1, 0.15) is 11.4 Å². The van der Waals surface area contributed by atoms with Gasteiger partial charge in [0.25, 0.3) is 5.56 Å². The summed E-state index contributed by atoms with van der Waals surface area (Å²) >= 11 is 3.50. The Hall–Kier alpha value is -2.58. The Bertz CT molecular complexity index is 1050. The minimum absolute atomic E-state index is 0.200. The van der Waals surface area contributed by atoms with Gasteiger partial charge < -0.3 is 24.1 Å². The van der Waals surface area contributed by atoms with E-state index in [1.54, 1.807) is 26.4 Å². The first kappa shape index (κ1) is 20.2. The number of rotatable bonds is 7. The molecule has 0 amide bonds. The van der Waals surface area contributed by atoms with Crippen LogP contribution >= 0.6 is 15.9 Å². The summed E-state index contributed by atoms with van der Waals surface area (Å²) in [5.41, 5.74) is 1.45. The van der Waals surface area contributed by atoms with Crippen LogP contribution in [-0.2, 0) is 13.1 Å². The Kier molecular flexibility index (Phi) is 6.21. The number of ether oxygens (including phenoxy) is 3. The lowest BCUT2D eigenvalue weighted by atomic mass is 10.2. The highest BCUT2D eigenvalue weighted by Crippen LogP contribution is 2.29. The van der Waals surface area contributed by atoms with Gasteiger partial charge in [0.1, 0.15) is 18.8 Å². The van der Waals surface area contributed by atoms with Crippen molar-refractivity contribution in [2.45, 2.75) is 13.1 Å². The predicted octanol–water partition coefficient (Wildman–Crippen LogP) is 1.93. The van der Waals surface area contributed by atoms with Gasteiger partial charge in [0.05, 0.1) is 39.3 Å². The molecular weight excluding hydrogens is 426 g/mol. The number of hydrogen-bond donors (Lipinski definition) is 2. The summed E-state index contributed by atoms with van der Waals surface area (Å²) < 4.78 is 17.0. The Morgan fingerprint density at radius 3 is 2.36 bits per heavy atom. The molecule has 28 heavy (non-hydrogen) atoms. The number of fused-ring (bicyclic) bond motifs is 1. The van der Waals surface area contributed by atoms with Gasteiger partial charge in [-0.15, -0.1) is 0 Å². The lowest BCUT2D eigenvalue weighted by Gasteiger charge is -2.16. The fourth-order valence-electron chi connectivity index (χ4n) is 3.16. The summed E-state index contributed by atoms with van der Waals surface area (Å²) in [4.78, 5) is 21.2. The number of halogens is 1. The van der Waals surface area contributed by atoms with Crippen molar-refractivity contribution in [3.05, 3.63) is 56.5 Å². The van der Waals surface area contributed by atoms with E-state index in [0.29, 0.717) is 34.8 Å². The standard InChI is InChI=1S/C20H22BrN3O4/c1-24(10-12-7-13(21)5-6-16(12)26-2)11-19-22-15-9-18(28-4)17(27-3)8-14(15)20(25)23-19/h5-9H,10-11H2,1-4H3,(H,22,23,25)/p+1. The lowest BCUT2D eigenvalue weighted by Crippen LogP contribution is -3.06. The molecule has 148 valence electrons. The van der Waals surface area contributed by atoms with Gasteiger partial charge in [0, 0.05) is 16.1 Å². The molecule has 1 aromatic heterocycles. The van der Waals surface area contributed by atoms with Crippen molar-refractivity contribution < 1.29 is 19.1 Å². The van der Waals surface area contributed by atoms with Crippen LogP contribution in [0.4, 0.5) is 0 Å². The van der Waals surface area contributed by atoms with Crippen LogP contribution in [0.2, 0.25) is 0 Å². The molecule has 1 atom stereocenters. The minimum Gasteiger partial charge on any atom is -0.496 e. The molecule has 0 aliphatic rings. The van der Waals surface area contributed by atoms with Gasteiger partial charge >= 0.3 is 0 Å². The van der Waals surface area contributed by atoms with Gasteiger partial charge in [-0.05, 0) is 24.3 Å². The zero-order valence-electron chi connectivity index (χ0n) is 16.3. The molecule has 0 bridgehead atoms. The second-order valence-corrected chi connectivity index (χ2v) is 7.42. The molecule has 0 radical (unpaired) electrons. The Balaban J connectivity index is 1.88. The van der Waals surface area contributed by atoms with Crippen molar-refractivity contribution in [3.8, 4) is 17.2 Å². The van der Waals surface area contributed by atoms with Crippen molar-refractivity contribution >= 4 is 26.8 Å². The van der Waals surface area contributed by atoms with Gasteiger partial charge in [0.15, 0.2) is 17.3 Å². The summed E-state index contributed by atoms with van der Waals surface area (Å²) in [6, 6.07) is 9.28. The van der Waals surface area contributed by atoms with E-state index < -0.39 is 0 Å². The molecule has 3 rings (SSSR count). The van der Waals surface area contributed by atoms with Crippen LogP contribution in [0.5, 0.6) is 17.2 Å². The molecule has 0 fully saturated rings. The van der Waals surface area contributed by atoms with E-state index >= 15 is 0 Å². The molecule has 2 N–H and O–H groups in total. The maximum absolute atomic E-state index is 12.5. The van der Waals surface area contributed by atoms with Gasteiger partial charge in [-0.1, -0.05) is 15.9 Å². The SMILES string of the molecule is COc1ccc(Br)cc1C[NH+](C)Cc1nc2cc(OC)c(OC)cc2c(=O)[nH]1. The van der Waals surface area contributed by atoms with Crippen molar-refractivity contribution in [1.29, 1.82) is 0 Å². The van der Waals surface area contributed by atoms with Crippen LogP contribution in [0.25, 0.3) is 10.9 Å². The van der Waals surface area contributed by atoms with Crippen molar-refractivity contribution in [1.82, 2.24) is 9.97 Å². The average Bonchev–Trinajstić information content (AvgIpc) is 2.67. The third-order valence-corrected chi connectivity index (χ3v) is 4.96. The third kappa shape index (κ3) is 4.28. The highest BCUT2D eigenvalue weighted by atomic mass is 79.9. The monoisotopic (exact) mass is 448 g/mol. The van der Waals surface area contributed by atoms with E-state index in [2.05, 4.69) is 25.9 Å². The van der Waals surface area contributed by atoms with Crippen molar-refractivity contribution in [2.24, 2.45) is 0 Å². The zero-order valence-corrected chi connectivity index (χ0v) is 17.8. The molecule has 0 saturated heterocycles. The Morgan fingerprint density at radius 1 is 1.00 bits per heavy atom. The second-order valence-electron chi connectivity index (χ2n) is 6.50. The van der Waals surface area contributed by atoms with Crippen molar-refractivity contribution in [3.63, 3.8) is 0 Å². The fraction of sp³-hybridized carbons (Fsp3) is 0.300. The number of benzene rings is 2. The van der Waals surface area contributed by atoms with Gasteiger partial charge in [-0.2, -0.15) is 0 Å². The quantitative estimate of drug-likeness (QED) is 0.577. The number of H-pyrrole nitrogens is 1. The smallest absolute Gasteiger partial charge is 0.259 e. The average molecular weight is 449 g/mol. The molecule has 7 nitrogen and oxygen atoms in total. The summed E-state index contributed by atoms with van der Waals surface area (Å²) in [6.07, 6.45) is 0. The second kappa shape index (κ2) is 8.62. The molecule has 0 spiro atoms.